The molecule has 0 aliphatic carbocycles. The molecule has 1 unspecified atom stereocenters. The number of hydrogen-bond acceptors (Lipinski definition) is 5. The zero-order valence-corrected chi connectivity index (χ0v) is 11.8. The third-order valence-electron chi connectivity index (χ3n) is 4.29. The minimum atomic E-state index is 0.0958. The van der Waals surface area contributed by atoms with Crippen molar-refractivity contribution in [2.75, 3.05) is 38.3 Å². The summed E-state index contributed by atoms with van der Waals surface area (Å²) in [5.41, 5.74) is 6.41. The smallest absolute Gasteiger partial charge is 0.191 e. The highest BCUT2D eigenvalue weighted by molar-refractivity contribution is 7.99. The van der Waals surface area contributed by atoms with Gasteiger partial charge in [-0.2, -0.15) is 11.8 Å². The Balaban J connectivity index is 2.22. The van der Waals surface area contributed by atoms with Crippen LogP contribution in [0.15, 0.2) is 4.99 Å². The van der Waals surface area contributed by atoms with Crippen molar-refractivity contribution in [2.24, 2.45) is 16.1 Å². The fraction of sp³-hybridized carbons (Fsp3) is 0.917. The topological polar surface area (TPSA) is 50.9 Å². The SMILES string of the molecule is COCCN1C(N)=NCC12CSCCC2(C)C. The first kappa shape index (κ1) is 13.0. The van der Waals surface area contributed by atoms with E-state index < -0.39 is 0 Å². The van der Waals surface area contributed by atoms with Crippen LogP contribution in [-0.4, -0.2) is 54.7 Å². The van der Waals surface area contributed by atoms with E-state index in [9.17, 15) is 0 Å². The van der Waals surface area contributed by atoms with Gasteiger partial charge in [0.15, 0.2) is 5.96 Å². The first-order valence-electron chi connectivity index (χ1n) is 6.18. The summed E-state index contributed by atoms with van der Waals surface area (Å²) >= 11 is 2.02. The van der Waals surface area contributed by atoms with Gasteiger partial charge in [0.1, 0.15) is 0 Å². The second-order valence-electron chi connectivity index (χ2n) is 5.54. The average Bonchev–Trinajstić information content (AvgIpc) is 2.59. The molecule has 1 saturated heterocycles. The fourth-order valence-corrected chi connectivity index (χ4v) is 4.59. The number of hydrogen-bond donors (Lipinski definition) is 1. The Morgan fingerprint density at radius 1 is 1.53 bits per heavy atom. The number of rotatable bonds is 3. The number of aliphatic imine (C=N–C) groups is 1. The van der Waals surface area contributed by atoms with Gasteiger partial charge >= 0.3 is 0 Å². The van der Waals surface area contributed by atoms with Gasteiger partial charge in [0.05, 0.1) is 18.7 Å². The van der Waals surface area contributed by atoms with Gasteiger partial charge in [-0.05, 0) is 17.6 Å². The summed E-state index contributed by atoms with van der Waals surface area (Å²) < 4.78 is 5.20. The maximum Gasteiger partial charge on any atom is 0.191 e. The van der Waals surface area contributed by atoms with Crippen LogP contribution in [0.3, 0.4) is 0 Å². The summed E-state index contributed by atoms with van der Waals surface area (Å²) in [5.74, 6) is 3.05. The molecule has 1 fully saturated rings. The maximum absolute atomic E-state index is 6.06. The highest BCUT2D eigenvalue weighted by Crippen LogP contribution is 2.47. The van der Waals surface area contributed by atoms with Gasteiger partial charge in [-0.1, -0.05) is 13.8 Å². The van der Waals surface area contributed by atoms with Gasteiger partial charge in [-0.3, -0.25) is 4.99 Å². The number of methoxy groups -OCH3 is 1. The number of guanidine groups is 1. The molecule has 5 heteroatoms. The molecule has 0 aromatic carbocycles. The molecule has 1 atom stereocenters. The van der Waals surface area contributed by atoms with Crippen molar-refractivity contribution in [3.05, 3.63) is 0 Å². The molecule has 2 aliphatic rings. The van der Waals surface area contributed by atoms with Gasteiger partial charge in [0, 0.05) is 19.4 Å². The highest BCUT2D eigenvalue weighted by Gasteiger charge is 2.54. The second-order valence-corrected chi connectivity index (χ2v) is 6.64. The Morgan fingerprint density at radius 2 is 2.29 bits per heavy atom. The fourth-order valence-electron chi connectivity index (χ4n) is 2.81. The van der Waals surface area contributed by atoms with Crippen LogP contribution >= 0.6 is 11.8 Å². The van der Waals surface area contributed by atoms with Crippen molar-refractivity contribution in [2.45, 2.75) is 25.8 Å². The maximum atomic E-state index is 6.06. The Hall–Kier alpha value is -0.420. The summed E-state index contributed by atoms with van der Waals surface area (Å²) in [6.07, 6.45) is 1.23. The van der Waals surface area contributed by atoms with E-state index in [1.54, 1.807) is 7.11 Å². The molecule has 2 aliphatic heterocycles. The Kier molecular flexibility index (Phi) is 3.59. The van der Waals surface area contributed by atoms with Crippen LogP contribution in [0.5, 0.6) is 0 Å². The van der Waals surface area contributed by atoms with E-state index in [1.807, 2.05) is 11.8 Å². The molecular formula is C12H23N3OS. The van der Waals surface area contributed by atoms with E-state index >= 15 is 0 Å². The molecule has 17 heavy (non-hydrogen) atoms. The molecule has 0 amide bonds. The largest absolute Gasteiger partial charge is 0.383 e. The molecule has 2 N–H and O–H groups in total. The van der Waals surface area contributed by atoms with E-state index in [2.05, 4.69) is 23.7 Å². The lowest BCUT2D eigenvalue weighted by molar-refractivity contribution is 0.0480. The lowest BCUT2D eigenvalue weighted by Gasteiger charge is -2.52. The number of nitrogens with zero attached hydrogens (tertiary/aromatic N) is 2. The van der Waals surface area contributed by atoms with Gasteiger partial charge in [-0.25, -0.2) is 0 Å². The molecule has 0 radical (unpaired) electrons. The standard InChI is InChI=1S/C12H23N3OS/c1-11(2)4-7-17-9-12(11)8-14-10(13)15(12)5-6-16-3/h4-9H2,1-3H3,(H2,13,14). The summed E-state index contributed by atoms with van der Waals surface area (Å²) in [6.45, 7) is 7.08. The summed E-state index contributed by atoms with van der Waals surface area (Å²) in [7, 11) is 1.73. The van der Waals surface area contributed by atoms with E-state index in [0.29, 0.717) is 12.6 Å². The monoisotopic (exact) mass is 257 g/mol. The van der Waals surface area contributed by atoms with Crippen molar-refractivity contribution in [1.82, 2.24) is 4.90 Å². The van der Waals surface area contributed by atoms with Crippen molar-refractivity contribution >= 4 is 17.7 Å². The van der Waals surface area contributed by atoms with E-state index in [4.69, 9.17) is 10.5 Å². The Morgan fingerprint density at radius 3 is 2.94 bits per heavy atom. The first-order chi connectivity index (χ1) is 8.03. The first-order valence-corrected chi connectivity index (χ1v) is 7.33. The van der Waals surface area contributed by atoms with Crippen LogP contribution in [0, 0.1) is 5.41 Å². The van der Waals surface area contributed by atoms with Crippen molar-refractivity contribution in [1.29, 1.82) is 0 Å². The lowest BCUT2D eigenvalue weighted by atomic mass is 9.70. The molecule has 0 bridgehead atoms. The predicted molar refractivity (Wildman–Crippen MR) is 73.5 cm³/mol. The number of ether oxygens (including phenoxy) is 1. The van der Waals surface area contributed by atoms with Crippen LogP contribution < -0.4 is 5.73 Å². The van der Waals surface area contributed by atoms with E-state index in [-0.39, 0.29) is 11.0 Å². The van der Waals surface area contributed by atoms with Crippen LogP contribution in [0.25, 0.3) is 0 Å². The van der Waals surface area contributed by atoms with Gasteiger partial charge in [0.2, 0.25) is 0 Å². The van der Waals surface area contributed by atoms with Gasteiger partial charge < -0.3 is 15.4 Å². The van der Waals surface area contributed by atoms with Crippen molar-refractivity contribution < 1.29 is 4.74 Å². The minimum absolute atomic E-state index is 0.0958. The van der Waals surface area contributed by atoms with Crippen LogP contribution in [-0.2, 0) is 4.74 Å². The summed E-state index contributed by atoms with van der Waals surface area (Å²) in [6, 6.07) is 0. The van der Waals surface area contributed by atoms with Gasteiger partial charge in [0.25, 0.3) is 0 Å². The number of thioether (sulfide) groups is 1. The normalized spacial score (nSPS) is 31.9. The quantitative estimate of drug-likeness (QED) is 0.824. The number of nitrogens with two attached hydrogens (primary N) is 1. The summed E-state index contributed by atoms with van der Waals surface area (Å²) in [4.78, 5) is 6.77. The Labute approximate surface area is 108 Å². The molecule has 0 aromatic rings. The molecule has 1 spiro atoms. The summed E-state index contributed by atoms with van der Waals surface area (Å²) in [5, 5.41) is 0. The molecule has 98 valence electrons. The second kappa shape index (κ2) is 4.69. The van der Waals surface area contributed by atoms with Crippen molar-refractivity contribution in [3.63, 3.8) is 0 Å². The van der Waals surface area contributed by atoms with Crippen LogP contribution in [0.2, 0.25) is 0 Å². The third-order valence-corrected chi connectivity index (χ3v) is 5.46. The van der Waals surface area contributed by atoms with Crippen LogP contribution in [0.1, 0.15) is 20.3 Å². The molecule has 2 rings (SSSR count). The Bertz CT molecular complexity index is 319. The average molecular weight is 257 g/mol. The highest BCUT2D eigenvalue weighted by atomic mass is 32.2. The van der Waals surface area contributed by atoms with E-state index in [1.165, 1.54) is 12.2 Å². The molecule has 0 aromatic heterocycles. The van der Waals surface area contributed by atoms with Crippen LogP contribution in [0.4, 0.5) is 0 Å². The predicted octanol–water partition coefficient (Wildman–Crippen LogP) is 1.16. The zero-order chi connectivity index (χ0) is 12.5. The van der Waals surface area contributed by atoms with Crippen molar-refractivity contribution in [3.8, 4) is 0 Å². The molecule has 2 heterocycles. The molecule has 4 nitrogen and oxygen atoms in total. The minimum Gasteiger partial charge on any atom is -0.383 e. The van der Waals surface area contributed by atoms with E-state index in [0.717, 1.165) is 18.8 Å². The third kappa shape index (κ3) is 2.03. The lowest BCUT2D eigenvalue weighted by Crippen LogP contribution is -2.63. The molecular weight excluding hydrogens is 234 g/mol. The molecule has 0 saturated carbocycles. The zero-order valence-electron chi connectivity index (χ0n) is 11.0. The van der Waals surface area contributed by atoms with Gasteiger partial charge in [-0.15, -0.1) is 0 Å².